The van der Waals surface area contributed by atoms with Crippen LogP contribution in [0.1, 0.15) is 18.0 Å². The first kappa shape index (κ1) is 17.4. The molecule has 0 spiro atoms. The zero-order valence-electron chi connectivity index (χ0n) is 12.8. The first-order valence-electron chi connectivity index (χ1n) is 7.33. The first-order chi connectivity index (χ1) is 11.0. The zero-order chi connectivity index (χ0) is 16.8. The van der Waals surface area contributed by atoms with Gasteiger partial charge in [-0.25, -0.2) is 13.6 Å². The number of carbonyl (C=O) groups is 1. The van der Waals surface area contributed by atoms with Crippen LogP contribution in [0.25, 0.3) is 0 Å². The van der Waals surface area contributed by atoms with E-state index < -0.39 is 23.7 Å². The molecule has 0 heterocycles. The lowest BCUT2D eigenvalue weighted by atomic mass is 10.1. The molecule has 1 aliphatic rings. The van der Waals surface area contributed by atoms with Crippen molar-refractivity contribution in [3.63, 3.8) is 0 Å². The lowest BCUT2D eigenvalue weighted by Gasteiger charge is -2.21. The third-order valence-corrected chi connectivity index (χ3v) is 3.71. The molecule has 0 aromatic heterocycles. The van der Waals surface area contributed by atoms with Crippen LogP contribution < -0.4 is 10.6 Å². The van der Waals surface area contributed by atoms with E-state index in [0.717, 1.165) is 12.1 Å². The van der Waals surface area contributed by atoms with Crippen LogP contribution in [-0.2, 0) is 4.74 Å². The van der Waals surface area contributed by atoms with E-state index in [4.69, 9.17) is 9.84 Å². The van der Waals surface area contributed by atoms with Crippen LogP contribution in [0.5, 0.6) is 0 Å². The average Bonchev–Trinajstić information content (AvgIpc) is 2.97. The number of aliphatic hydroxyl groups excluding tert-OH is 1. The van der Waals surface area contributed by atoms with Gasteiger partial charge in [-0.05, 0) is 24.1 Å². The number of aliphatic hydroxyl groups is 1. The summed E-state index contributed by atoms with van der Waals surface area (Å²) in [7, 11) is 1.46. The molecule has 1 aliphatic carbocycles. The van der Waals surface area contributed by atoms with Crippen molar-refractivity contribution in [1.82, 2.24) is 10.6 Å². The third-order valence-electron chi connectivity index (χ3n) is 3.71. The molecule has 0 radical (unpaired) electrons. The van der Waals surface area contributed by atoms with E-state index in [1.807, 2.05) is 12.2 Å². The maximum atomic E-state index is 13.3. The number of urea groups is 1. The van der Waals surface area contributed by atoms with Gasteiger partial charge in [0.25, 0.3) is 0 Å². The molecule has 7 heteroatoms. The van der Waals surface area contributed by atoms with Gasteiger partial charge in [0.1, 0.15) is 0 Å². The van der Waals surface area contributed by atoms with Crippen molar-refractivity contribution < 1.29 is 23.4 Å². The average molecular weight is 326 g/mol. The van der Waals surface area contributed by atoms with Crippen molar-refractivity contribution in [1.29, 1.82) is 0 Å². The Morgan fingerprint density at radius 3 is 2.78 bits per heavy atom. The fourth-order valence-electron chi connectivity index (χ4n) is 2.50. The van der Waals surface area contributed by atoms with Crippen molar-refractivity contribution in [3.05, 3.63) is 47.5 Å². The third kappa shape index (κ3) is 4.74. The molecule has 0 saturated heterocycles. The van der Waals surface area contributed by atoms with Crippen molar-refractivity contribution in [3.8, 4) is 0 Å². The highest BCUT2D eigenvalue weighted by Crippen LogP contribution is 2.19. The second-order valence-corrected chi connectivity index (χ2v) is 5.47. The lowest BCUT2D eigenvalue weighted by molar-refractivity contribution is 0.165. The van der Waals surface area contributed by atoms with Crippen molar-refractivity contribution in [2.24, 2.45) is 5.92 Å². The minimum atomic E-state index is -0.977. The normalized spacial score (nSPS) is 21.2. The molecule has 0 aliphatic heterocycles. The second kappa shape index (κ2) is 8.03. The summed E-state index contributed by atoms with van der Waals surface area (Å²) >= 11 is 0. The zero-order valence-corrected chi connectivity index (χ0v) is 12.8. The number of rotatable bonds is 6. The van der Waals surface area contributed by atoms with Gasteiger partial charge >= 0.3 is 6.03 Å². The fraction of sp³-hybridized carbons (Fsp3) is 0.438. The van der Waals surface area contributed by atoms with Crippen LogP contribution >= 0.6 is 0 Å². The fourth-order valence-corrected chi connectivity index (χ4v) is 2.50. The SMILES string of the molecule is COCC(NC(=O)N[C@@H]1C=C[C@H](CO)C1)c1ccc(F)c(F)c1. The Labute approximate surface area is 133 Å². The number of methoxy groups -OCH3 is 1. The number of carbonyl (C=O) groups excluding carboxylic acids is 1. The maximum absolute atomic E-state index is 13.3. The minimum Gasteiger partial charge on any atom is -0.396 e. The molecular weight excluding hydrogens is 306 g/mol. The predicted octanol–water partition coefficient (Wildman–Crippen LogP) is 1.89. The molecule has 0 saturated carbocycles. The molecule has 126 valence electrons. The molecule has 1 aromatic carbocycles. The van der Waals surface area contributed by atoms with Gasteiger partial charge in [-0.3, -0.25) is 0 Å². The number of amides is 2. The van der Waals surface area contributed by atoms with E-state index in [9.17, 15) is 13.6 Å². The molecule has 1 aromatic rings. The Hall–Kier alpha value is -1.99. The van der Waals surface area contributed by atoms with Gasteiger partial charge in [-0.15, -0.1) is 0 Å². The molecule has 0 bridgehead atoms. The predicted molar refractivity (Wildman–Crippen MR) is 80.8 cm³/mol. The van der Waals surface area contributed by atoms with Crippen LogP contribution in [0.2, 0.25) is 0 Å². The molecule has 2 rings (SSSR count). The van der Waals surface area contributed by atoms with Crippen LogP contribution in [0.4, 0.5) is 13.6 Å². The van der Waals surface area contributed by atoms with Gasteiger partial charge in [0.05, 0.1) is 12.6 Å². The van der Waals surface area contributed by atoms with Gasteiger partial charge in [0.2, 0.25) is 0 Å². The molecule has 1 unspecified atom stereocenters. The summed E-state index contributed by atoms with van der Waals surface area (Å²) in [5.74, 6) is -1.88. The van der Waals surface area contributed by atoms with Crippen molar-refractivity contribution in [2.45, 2.75) is 18.5 Å². The summed E-state index contributed by atoms with van der Waals surface area (Å²) in [5.41, 5.74) is 0.413. The largest absolute Gasteiger partial charge is 0.396 e. The van der Waals surface area contributed by atoms with Crippen LogP contribution in [0, 0.1) is 17.6 Å². The highest BCUT2D eigenvalue weighted by atomic mass is 19.2. The van der Waals surface area contributed by atoms with E-state index in [2.05, 4.69) is 10.6 Å². The Morgan fingerprint density at radius 1 is 1.39 bits per heavy atom. The van der Waals surface area contributed by atoms with Crippen molar-refractivity contribution >= 4 is 6.03 Å². The highest BCUT2D eigenvalue weighted by molar-refractivity contribution is 5.75. The van der Waals surface area contributed by atoms with Gasteiger partial charge in [0.15, 0.2) is 11.6 Å². The highest BCUT2D eigenvalue weighted by Gasteiger charge is 2.22. The molecule has 23 heavy (non-hydrogen) atoms. The summed E-state index contributed by atoms with van der Waals surface area (Å²) in [6.45, 7) is 0.162. The number of hydrogen-bond acceptors (Lipinski definition) is 3. The van der Waals surface area contributed by atoms with Gasteiger partial charge in [-0.2, -0.15) is 0 Å². The quantitative estimate of drug-likeness (QED) is 0.699. The first-order valence-corrected chi connectivity index (χ1v) is 7.33. The van der Waals surface area contributed by atoms with Gasteiger partial charge in [-0.1, -0.05) is 18.2 Å². The maximum Gasteiger partial charge on any atom is 0.315 e. The number of ether oxygens (including phenoxy) is 1. The topological polar surface area (TPSA) is 70.6 Å². The second-order valence-electron chi connectivity index (χ2n) is 5.47. The van der Waals surface area contributed by atoms with Crippen molar-refractivity contribution in [2.75, 3.05) is 20.3 Å². The standard InChI is InChI=1S/C16H20F2N2O3/c1-23-9-15(11-3-5-13(17)14(18)7-11)20-16(22)19-12-4-2-10(6-12)8-21/h2-5,7,10,12,15,21H,6,8-9H2,1H3,(H2,19,20,22)/t10-,12+,15?/m0/s1. The molecular formula is C16H20F2N2O3. The smallest absolute Gasteiger partial charge is 0.315 e. The Balaban J connectivity index is 1.97. The summed E-state index contributed by atoms with van der Waals surface area (Å²) in [4.78, 5) is 12.1. The summed E-state index contributed by atoms with van der Waals surface area (Å²) in [6, 6.07) is 2.24. The van der Waals surface area contributed by atoms with Gasteiger partial charge in [0, 0.05) is 25.7 Å². The van der Waals surface area contributed by atoms with Crippen LogP contribution in [0.3, 0.4) is 0 Å². The molecule has 5 nitrogen and oxygen atoms in total. The number of benzene rings is 1. The van der Waals surface area contributed by atoms with Crippen LogP contribution in [0.15, 0.2) is 30.4 Å². The Kier molecular flexibility index (Phi) is 6.06. The molecule has 3 N–H and O–H groups in total. The molecule has 3 atom stereocenters. The molecule has 0 fully saturated rings. The van der Waals surface area contributed by atoms with E-state index >= 15 is 0 Å². The molecule has 2 amide bonds. The minimum absolute atomic E-state index is 0.0391. The van der Waals surface area contributed by atoms with E-state index in [1.54, 1.807) is 0 Å². The summed E-state index contributed by atoms with van der Waals surface area (Å²) < 4.78 is 31.4. The van der Waals surface area contributed by atoms with E-state index in [-0.39, 0.29) is 25.2 Å². The van der Waals surface area contributed by atoms with Gasteiger partial charge < -0.3 is 20.5 Å². The Bertz CT molecular complexity index is 580. The monoisotopic (exact) mass is 326 g/mol. The summed E-state index contributed by atoms with van der Waals surface area (Å²) in [6.07, 6.45) is 4.31. The van der Waals surface area contributed by atoms with Crippen LogP contribution in [-0.4, -0.2) is 37.5 Å². The number of halogens is 2. The number of hydrogen-bond donors (Lipinski definition) is 3. The lowest BCUT2D eigenvalue weighted by Crippen LogP contribution is -2.43. The van der Waals surface area contributed by atoms with E-state index in [1.165, 1.54) is 13.2 Å². The summed E-state index contributed by atoms with van der Waals surface area (Å²) in [5, 5.41) is 14.5. The van der Waals surface area contributed by atoms with E-state index in [0.29, 0.717) is 12.0 Å². The Morgan fingerprint density at radius 2 is 2.17 bits per heavy atom. The number of nitrogens with one attached hydrogen (secondary N) is 2.